The molecule has 1 aromatic carbocycles. The third-order valence-corrected chi connectivity index (χ3v) is 2.61. The Morgan fingerprint density at radius 2 is 2.25 bits per heavy atom. The first-order valence-electron chi connectivity index (χ1n) is 4.56. The van der Waals surface area contributed by atoms with Crippen molar-refractivity contribution in [2.45, 2.75) is 6.61 Å². The van der Waals surface area contributed by atoms with Gasteiger partial charge in [-0.3, -0.25) is 0 Å². The van der Waals surface area contributed by atoms with Gasteiger partial charge in [-0.25, -0.2) is 4.39 Å². The van der Waals surface area contributed by atoms with Crippen LogP contribution in [0.25, 0.3) is 0 Å². The van der Waals surface area contributed by atoms with Crippen LogP contribution in [0, 0.1) is 5.82 Å². The van der Waals surface area contributed by atoms with E-state index >= 15 is 0 Å². The zero-order valence-corrected chi connectivity index (χ0v) is 9.83. The third kappa shape index (κ3) is 2.36. The fourth-order valence-corrected chi connectivity index (χ4v) is 1.57. The van der Waals surface area contributed by atoms with Crippen LogP contribution in [0.2, 0.25) is 0 Å². The molecule has 84 valence electrons. The lowest BCUT2D eigenvalue weighted by molar-refractivity contribution is 0.270. The highest BCUT2D eigenvalue weighted by Gasteiger charge is 2.07. The summed E-state index contributed by atoms with van der Waals surface area (Å²) in [6.07, 6.45) is 1.55. The minimum absolute atomic E-state index is 0.221. The van der Waals surface area contributed by atoms with Crippen LogP contribution < -0.4 is 10.5 Å². The minimum Gasteiger partial charge on any atom is -0.483 e. The van der Waals surface area contributed by atoms with Crippen LogP contribution in [0.4, 0.5) is 10.1 Å². The van der Waals surface area contributed by atoms with E-state index in [9.17, 15) is 4.39 Å². The van der Waals surface area contributed by atoms with Gasteiger partial charge < -0.3 is 14.9 Å². The number of halogens is 2. The molecule has 0 amide bonds. The molecule has 0 bridgehead atoms. The molecule has 0 atom stereocenters. The molecule has 0 saturated heterocycles. The lowest BCUT2D eigenvalue weighted by atomic mass is 10.3. The molecule has 5 heteroatoms. The van der Waals surface area contributed by atoms with E-state index in [1.54, 1.807) is 18.4 Å². The highest BCUT2D eigenvalue weighted by molar-refractivity contribution is 9.10. The van der Waals surface area contributed by atoms with Crippen molar-refractivity contribution < 1.29 is 13.5 Å². The molecule has 0 aliphatic carbocycles. The maximum Gasteiger partial charge on any atom is 0.146 e. The topological polar surface area (TPSA) is 48.4 Å². The summed E-state index contributed by atoms with van der Waals surface area (Å²) in [6, 6.07) is 6.23. The zero-order chi connectivity index (χ0) is 11.5. The molecule has 0 aliphatic rings. The molecule has 16 heavy (non-hydrogen) atoms. The van der Waals surface area contributed by atoms with Crippen molar-refractivity contribution in [3.05, 3.63) is 46.6 Å². The van der Waals surface area contributed by atoms with Gasteiger partial charge in [-0.1, -0.05) is 0 Å². The predicted molar refractivity (Wildman–Crippen MR) is 61.6 cm³/mol. The second kappa shape index (κ2) is 4.57. The van der Waals surface area contributed by atoms with E-state index in [0.29, 0.717) is 21.7 Å². The molecule has 2 aromatic rings. The van der Waals surface area contributed by atoms with Gasteiger partial charge in [0.1, 0.15) is 23.9 Å². The largest absolute Gasteiger partial charge is 0.483 e. The molecule has 3 nitrogen and oxygen atoms in total. The Morgan fingerprint density at radius 3 is 2.94 bits per heavy atom. The Balaban J connectivity index is 2.12. The minimum atomic E-state index is -0.413. The Bertz CT molecular complexity index is 485. The maximum absolute atomic E-state index is 13.2. The van der Waals surface area contributed by atoms with E-state index in [0.717, 1.165) is 0 Å². The van der Waals surface area contributed by atoms with Gasteiger partial charge in [-0.15, -0.1) is 0 Å². The molecule has 2 rings (SSSR count). The molecule has 0 aliphatic heterocycles. The van der Waals surface area contributed by atoms with Crippen molar-refractivity contribution in [3.63, 3.8) is 0 Å². The summed E-state index contributed by atoms with van der Waals surface area (Å²) < 4.78 is 24.0. The summed E-state index contributed by atoms with van der Waals surface area (Å²) in [4.78, 5) is 0. The van der Waals surface area contributed by atoms with E-state index in [4.69, 9.17) is 14.9 Å². The summed E-state index contributed by atoms with van der Waals surface area (Å²) in [7, 11) is 0. The smallest absolute Gasteiger partial charge is 0.146 e. The van der Waals surface area contributed by atoms with Crippen molar-refractivity contribution >= 4 is 21.6 Å². The quantitative estimate of drug-likeness (QED) is 0.880. The fraction of sp³-hybridized carbons (Fsp3) is 0.0909. The van der Waals surface area contributed by atoms with Crippen molar-refractivity contribution in [2.24, 2.45) is 0 Å². The van der Waals surface area contributed by atoms with Crippen LogP contribution in [0.1, 0.15) is 5.76 Å². The molecule has 0 spiro atoms. The summed E-state index contributed by atoms with van der Waals surface area (Å²) in [6.45, 7) is 0.221. The van der Waals surface area contributed by atoms with Gasteiger partial charge in [0.25, 0.3) is 0 Å². The van der Waals surface area contributed by atoms with Gasteiger partial charge in [-0.05, 0) is 34.1 Å². The zero-order valence-electron chi connectivity index (χ0n) is 8.24. The number of nitrogens with two attached hydrogens (primary N) is 1. The van der Waals surface area contributed by atoms with E-state index in [1.165, 1.54) is 12.1 Å². The molecule has 0 radical (unpaired) electrons. The van der Waals surface area contributed by atoms with Gasteiger partial charge in [0.15, 0.2) is 0 Å². The average molecular weight is 286 g/mol. The Labute approximate surface area is 100 Å². The predicted octanol–water partition coefficient (Wildman–Crippen LogP) is 3.34. The first-order chi connectivity index (χ1) is 7.66. The second-order valence-corrected chi connectivity index (χ2v) is 4.03. The number of rotatable bonds is 3. The summed E-state index contributed by atoms with van der Waals surface area (Å²) in [5, 5.41) is 0. The summed E-state index contributed by atoms with van der Waals surface area (Å²) in [5.41, 5.74) is 6.05. The van der Waals surface area contributed by atoms with E-state index in [2.05, 4.69) is 15.9 Å². The van der Waals surface area contributed by atoms with Crippen LogP contribution in [-0.2, 0) is 6.61 Å². The van der Waals surface area contributed by atoms with Crippen LogP contribution in [0.3, 0.4) is 0 Å². The second-order valence-electron chi connectivity index (χ2n) is 3.17. The number of hydrogen-bond acceptors (Lipinski definition) is 3. The number of furan rings is 1. The molecule has 2 N–H and O–H groups in total. The maximum atomic E-state index is 13.2. The van der Waals surface area contributed by atoms with Crippen LogP contribution in [0.5, 0.6) is 5.75 Å². The molecule has 0 unspecified atom stereocenters. The average Bonchev–Trinajstić information content (AvgIpc) is 2.74. The number of anilines is 1. The SMILES string of the molecule is Nc1cc(Br)c(F)cc1OCc1ccco1. The van der Waals surface area contributed by atoms with Crippen molar-refractivity contribution in [1.82, 2.24) is 0 Å². The van der Waals surface area contributed by atoms with Gasteiger partial charge in [0.2, 0.25) is 0 Å². The molecular formula is C11H9BrFNO2. The molecule has 1 aromatic heterocycles. The normalized spacial score (nSPS) is 10.4. The highest BCUT2D eigenvalue weighted by Crippen LogP contribution is 2.28. The molecular weight excluding hydrogens is 277 g/mol. The number of nitrogen functional groups attached to an aromatic ring is 1. The Kier molecular flexibility index (Phi) is 3.14. The number of hydrogen-bond donors (Lipinski definition) is 1. The summed E-state index contributed by atoms with van der Waals surface area (Å²) >= 11 is 3.04. The van der Waals surface area contributed by atoms with Gasteiger partial charge in [0, 0.05) is 6.07 Å². The van der Waals surface area contributed by atoms with E-state index < -0.39 is 5.82 Å². The lowest BCUT2D eigenvalue weighted by Gasteiger charge is -2.08. The summed E-state index contributed by atoms with van der Waals surface area (Å²) in [5.74, 6) is 0.545. The van der Waals surface area contributed by atoms with Crippen molar-refractivity contribution in [2.75, 3.05) is 5.73 Å². The van der Waals surface area contributed by atoms with Gasteiger partial charge in [-0.2, -0.15) is 0 Å². The van der Waals surface area contributed by atoms with Gasteiger partial charge >= 0.3 is 0 Å². The monoisotopic (exact) mass is 285 g/mol. The van der Waals surface area contributed by atoms with E-state index in [-0.39, 0.29) is 6.61 Å². The van der Waals surface area contributed by atoms with E-state index in [1.807, 2.05) is 0 Å². The van der Waals surface area contributed by atoms with Gasteiger partial charge in [0.05, 0.1) is 16.4 Å². The fourth-order valence-electron chi connectivity index (χ4n) is 1.21. The van der Waals surface area contributed by atoms with Crippen LogP contribution >= 0.6 is 15.9 Å². The first kappa shape index (κ1) is 11.0. The number of ether oxygens (including phenoxy) is 1. The van der Waals surface area contributed by atoms with Crippen LogP contribution in [0.15, 0.2) is 39.4 Å². The highest BCUT2D eigenvalue weighted by atomic mass is 79.9. The van der Waals surface area contributed by atoms with Crippen molar-refractivity contribution in [3.8, 4) is 5.75 Å². The lowest BCUT2D eigenvalue weighted by Crippen LogP contribution is -1.98. The number of benzene rings is 1. The molecule has 1 heterocycles. The first-order valence-corrected chi connectivity index (χ1v) is 5.36. The molecule has 0 saturated carbocycles. The Hall–Kier alpha value is -1.49. The van der Waals surface area contributed by atoms with Crippen molar-refractivity contribution in [1.29, 1.82) is 0 Å². The third-order valence-electron chi connectivity index (χ3n) is 2.00. The van der Waals surface area contributed by atoms with Crippen LogP contribution in [-0.4, -0.2) is 0 Å². The molecule has 0 fully saturated rings. The Morgan fingerprint density at radius 1 is 1.44 bits per heavy atom. The standard InChI is InChI=1S/C11H9BrFNO2/c12-8-4-10(14)11(5-9(8)13)16-6-7-2-1-3-15-7/h1-5H,6,14H2.